The molecule has 2 saturated carbocycles. The van der Waals surface area contributed by atoms with Gasteiger partial charge in [0.05, 0.1) is 11.6 Å². The van der Waals surface area contributed by atoms with Crippen molar-refractivity contribution in [2.75, 3.05) is 0 Å². The Kier molecular flexibility index (Phi) is 5.76. The van der Waals surface area contributed by atoms with E-state index in [4.69, 9.17) is 0 Å². The van der Waals surface area contributed by atoms with Gasteiger partial charge in [0.2, 0.25) is 5.91 Å². The molecule has 5 nitrogen and oxygen atoms in total. The van der Waals surface area contributed by atoms with Crippen molar-refractivity contribution >= 4 is 11.8 Å². The molecule has 5 rings (SSSR count). The van der Waals surface area contributed by atoms with Crippen LogP contribution in [0.25, 0.3) is 0 Å². The summed E-state index contributed by atoms with van der Waals surface area (Å²) >= 11 is 0. The van der Waals surface area contributed by atoms with Crippen molar-refractivity contribution in [3.05, 3.63) is 64.7 Å². The number of piperidine rings is 1. The molecule has 0 bridgehead atoms. The second-order valence-electron chi connectivity index (χ2n) is 9.35. The van der Waals surface area contributed by atoms with Gasteiger partial charge >= 0.3 is 6.18 Å². The van der Waals surface area contributed by atoms with Gasteiger partial charge in [-0.2, -0.15) is 13.2 Å². The van der Waals surface area contributed by atoms with Crippen LogP contribution in [0.3, 0.4) is 0 Å². The van der Waals surface area contributed by atoms with E-state index in [1.807, 2.05) is 0 Å². The molecule has 0 spiro atoms. The minimum atomic E-state index is -4.69. The predicted octanol–water partition coefficient (Wildman–Crippen LogP) is 5.05. The van der Waals surface area contributed by atoms with E-state index in [1.165, 1.54) is 11.0 Å². The third-order valence-corrected chi connectivity index (χ3v) is 6.95. The summed E-state index contributed by atoms with van der Waals surface area (Å²) in [4.78, 5) is 31.4. The fraction of sp³-hybridized carbons (Fsp3) is 0.458. The van der Waals surface area contributed by atoms with Gasteiger partial charge in [0.25, 0.3) is 12.3 Å². The van der Waals surface area contributed by atoms with Gasteiger partial charge in [-0.3, -0.25) is 14.6 Å². The first-order chi connectivity index (χ1) is 16.5. The summed E-state index contributed by atoms with van der Waals surface area (Å²) in [6.07, 6.45) is -4.01. The molecule has 1 aromatic carbocycles. The highest BCUT2D eigenvalue weighted by Gasteiger charge is 2.56. The third-order valence-electron chi connectivity index (χ3n) is 6.95. The van der Waals surface area contributed by atoms with Crippen LogP contribution in [0.2, 0.25) is 0 Å². The molecule has 4 atom stereocenters. The lowest BCUT2D eigenvalue weighted by Crippen LogP contribution is -2.49. The van der Waals surface area contributed by atoms with Crippen LogP contribution in [-0.2, 0) is 11.0 Å². The summed E-state index contributed by atoms with van der Waals surface area (Å²) in [6.45, 7) is 0. The highest BCUT2D eigenvalue weighted by molar-refractivity contribution is 5.98. The highest BCUT2D eigenvalue weighted by atomic mass is 19.4. The summed E-state index contributed by atoms with van der Waals surface area (Å²) in [5.41, 5.74) is -1.71. The number of rotatable bonds is 6. The number of pyridine rings is 1. The molecule has 2 amide bonds. The molecule has 186 valence electrons. The molecule has 11 heteroatoms. The van der Waals surface area contributed by atoms with E-state index in [1.54, 1.807) is 0 Å². The maximum Gasteiger partial charge on any atom is 0.416 e. The van der Waals surface area contributed by atoms with Crippen LogP contribution in [0, 0.1) is 17.7 Å². The Hall–Kier alpha value is -3.11. The smallest absolute Gasteiger partial charge is 0.347 e. The number of carbonyl (C=O) groups is 2. The van der Waals surface area contributed by atoms with Gasteiger partial charge in [0, 0.05) is 23.4 Å². The fourth-order valence-electron chi connectivity index (χ4n) is 4.92. The first-order valence-electron chi connectivity index (χ1n) is 11.3. The molecular formula is C24H21F6N3O2. The minimum absolute atomic E-state index is 0.00632. The average molecular weight is 497 g/mol. The standard InChI is InChI=1S/C24H21F6N3O2/c25-16-10-14(24(28,29)30)3-4-15(16)20(11-1-2-11)32-22(34)19-9-13-8-18(13)33(19)23(35)12-5-6-31-17(7-12)21(26)27/h3-7,10-11,13,18-21H,1-2,8-9H2,(H,32,34)/t13-,18-,19-,20-/m1/s1. The number of benzene rings is 1. The van der Waals surface area contributed by atoms with Crippen LogP contribution in [0.4, 0.5) is 26.3 Å². The molecule has 3 aliphatic rings. The number of hydrogen-bond acceptors (Lipinski definition) is 3. The van der Waals surface area contributed by atoms with E-state index in [9.17, 15) is 35.9 Å². The molecule has 2 aliphatic carbocycles. The molecule has 1 aromatic heterocycles. The average Bonchev–Trinajstić information content (AvgIpc) is 3.74. The zero-order chi connectivity index (χ0) is 25.1. The second-order valence-corrected chi connectivity index (χ2v) is 9.35. The zero-order valence-electron chi connectivity index (χ0n) is 18.2. The number of likely N-dealkylation sites (tertiary alicyclic amines) is 1. The monoisotopic (exact) mass is 497 g/mol. The quantitative estimate of drug-likeness (QED) is 0.569. The van der Waals surface area contributed by atoms with E-state index in [-0.39, 0.29) is 29.0 Å². The SMILES string of the molecule is O=C(N[C@@H](c1ccc(C(F)(F)F)cc1F)C1CC1)[C@H]1C[C@H]2C[C@H]2N1C(=O)c1ccnc(C(F)F)c1. The number of nitrogens with one attached hydrogen (secondary N) is 1. The third kappa shape index (κ3) is 4.60. The number of amides is 2. The number of fused-ring (bicyclic) bond motifs is 1. The number of nitrogens with zero attached hydrogens (tertiary/aromatic N) is 2. The van der Waals surface area contributed by atoms with Crippen LogP contribution in [0.5, 0.6) is 0 Å². The van der Waals surface area contributed by atoms with E-state index in [0.717, 1.165) is 24.4 Å². The molecule has 3 fully saturated rings. The summed E-state index contributed by atoms with van der Waals surface area (Å²) in [5, 5.41) is 2.76. The molecule has 2 aromatic rings. The summed E-state index contributed by atoms with van der Waals surface area (Å²) < 4.78 is 79.6. The van der Waals surface area contributed by atoms with Gasteiger partial charge in [0.15, 0.2) is 0 Å². The first kappa shape index (κ1) is 23.6. The molecule has 0 radical (unpaired) electrons. The maximum absolute atomic E-state index is 14.7. The van der Waals surface area contributed by atoms with Gasteiger partial charge in [-0.05, 0) is 61.8 Å². The maximum atomic E-state index is 14.7. The molecule has 2 heterocycles. The molecule has 1 aliphatic heterocycles. The normalized spacial score (nSPS) is 24.3. The van der Waals surface area contributed by atoms with Gasteiger partial charge in [-0.1, -0.05) is 6.07 Å². The zero-order valence-corrected chi connectivity index (χ0v) is 18.2. The number of hydrogen-bond donors (Lipinski definition) is 1. The van der Waals surface area contributed by atoms with Gasteiger partial charge in [-0.25, -0.2) is 13.2 Å². The number of carbonyl (C=O) groups excluding carboxylic acids is 2. The largest absolute Gasteiger partial charge is 0.416 e. The lowest BCUT2D eigenvalue weighted by molar-refractivity contribution is -0.137. The molecule has 1 N–H and O–H groups in total. The van der Waals surface area contributed by atoms with E-state index in [0.29, 0.717) is 31.7 Å². The van der Waals surface area contributed by atoms with E-state index < -0.39 is 53.6 Å². The Morgan fingerprint density at radius 1 is 1.09 bits per heavy atom. The number of halogens is 6. The van der Waals surface area contributed by atoms with E-state index >= 15 is 0 Å². The lowest BCUT2D eigenvalue weighted by Gasteiger charge is -2.29. The minimum Gasteiger partial charge on any atom is -0.347 e. The Bertz CT molecular complexity index is 1170. The number of alkyl halides is 5. The van der Waals surface area contributed by atoms with Crippen molar-refractivity contribution in [2.45, 2.75) is 56.4 Å². The van der Waals surface area contributed by atoms with Gasteiger partial charge in [0.1, 0.15) is 17.6 Å². The van der Waals surface area contributed by atoms with Crippen molar-refractivity contribution in [1.29, 1.82) is 0 Å². The summed E-state index contributed by atoms with van der Waals surface area (Å²) in [7, 11) is 0. The van der Waals surface area contributed by atoms with Crippen LogP contribution < -0.4 is 5.32 Å². The van der Waals surface area contributed by atoms with Crippen molar-refractivity contribution in [3.63, 3.8) is 0 Å². The van der Waals surface area contributed by atoms with Gasteiger partial charge < -0.3 is 10.2 Å². The molecule has 0 unspecified atom stereocenters. The highest BCUT2D eigenvalue weighted by Crippen LogP contribution is 2.49. The van der Waals surface area contributed by atoms with Gasteiger partial charge in [-0.15, -0.1) is 0 Å². The van der Waals surface area contributed by atoms with Crippen LogP contribution >= 0.6 is 0 Å². The summed E-state index contributed by atoms with van der Waals surface area (Å²) in [6, 6.07) is 2.65. The van der Waals surface area contributed by atoms with Crippen molar-refractivity contribution in [2.24, 2.45) is 11.8 Å². The Morgan fingerprint density at radius 3 is 2.46 bits per heavy atom. The number of aromatic nitrogens is 1. The molecule has 35 heavy (non-hydrogen) atoms. The van der Waals surface area contributed by atoms with Crippen molar-refractivity contribution < 1.29 is 35.9 Å². The van der Waals surface area contributed by atoms with E-state index in [2.05, 4.69) is 10.3 Å². The Balaban J connectivity index is 1.36. The summed E-state index contributed by atoms with van der Waals surface area (Å²) in [5.74, 6) is -2.18. The molecule has 1 saturated heterocycles. The lowest BCUT2D eigenvalue weighted by atomic mass is 9.99. The topological polar surface area (TPSA) is 62.3 Å². The van der Waals surface area contributed by atoms with Crippen LogP contribution in [0.1, 0.15) is 65.3 Å². The fourth-order valence-corrected chi connectivity index (χ4v) is 4.92. The predicted molar refractivity (Wildman–Crippen MR) is 111 cm³/mol. The van der Waals surface area contributed by atoms with Crippen LogP contribution in [-0.4, -0.2) is 33.8 Å². The first-order valence-corrected chi connectivity index (χ1v) is 11.3. The Labute approximate surface area is 196 Å². The second kappa shape index (κ2) is 8.53. The van der Waals surface area contributed by atoms with Crippen molar-refractivity contribution in [3.8, 4) is 0 Å². The van der Waals surface area contributed by atoms with Crippen LogP contribution in [0.15, 0.2) is 36.5 Å². The van der Waals surface area contributed by atoms with Crippen molar-refractivity contribution in [1.82, 2.24) is 15.2 Å². The molecular weight excluding hydrogens is 476 g/mol. The Morgan fingerprint density at radius 2 is 1.83 bits per heavy atom.